The van der Waals surface area contributed by atoms with E-state index in [9.17, 15) is 14.4 Å². The Kier molecular flexibility index (Phi) is 6.40. The molecule has 0 aromatic heterocycles. The maximum absolute atomic E-state index is 14.9. The van der Waals surface area contributed by atoms with Crippen molar-refractivity contribution < 1.29 is 19.1 Å². The number of carbonyl (C=O) groups is 3. The van der Waals surface area contributed by atoms with Gasteiger partial charge in [-0.25, -0.2) is 0 Å². The van der Waals surface area contributed by atoms with Gasteiger partial charge in [0.25, 0.3) is 0 Å². The predicted octanol–water partition coefficient (Wildman–Crippen LogP) is 7.79. The van der Waals surface area contributed by atoms with Gasteiger partial charge in [-0.1, -0.05) is 98.3 Å². The molecule has 5 nitrogen and oxygen atoms in total. The monoisotopic (exact) mass is 587 g/mol. The van der Waals surface area contributed by atoms with Gasteiger partial charge in [0, 0.05) is 33.3 Å². The lowest BCUT2D eigenvalue weighted by molar-refractivity contribution is 0.0666. The lowest BCUT2D eigenvalue weighted by Gasteiger charge is -2.37. The van der Waals surface area contributed by atoms with Crippen LogP contribution in [0.1, 0.15) is 73.4 Å². The molecule has 43 heavy (non-hydrogen) atoms. The molecule has 1 aliphatic carbocycles. The lowest BCUT2D eigenvalue weighted by Crippen LogP contribution is -2.48. The van der Waals surface area contributed by atoms with Gasteiger partial charge in [-0.3, -0.25) is 14.4 Å². The first-order valence-corrected chi connectivity index (χ1v) is 14.9. The van der Waals surface area contributed by atoms with Crippen LogP contribution in [0.4, 0.5) is 5.69 Å². The lowest BCUT2D eigenvalue weighted by atomic mass is 9.64. The van der Waals surface area contributed by atoms with Gasteiger partial charge in [-0.05, 0) is 52.9 Å². The summed E-state index contributed by atoms with van der Waals surface area (Å²) in [6.45, 7) is 4.24. The van der Waals surface area contributed by atoms with E-state index >= 15 is 0 Å². The molecule has 0 radical (unpaired) electrons. The smallest absolute Gasteiger partial charge is 0.186 e. The van der Waals surface area contributed by atoms with Crippen LogP contribution in [0, 0.1) is 5.41 Å². The summed E-state index contributed by atoms with van der Waals surface area (Å²) < 4.78 is 5.46. The molecule has 0 saturated carbocycles. The molecule has 2 aliphatic heterocycles. The summed E-state index contributed by atoms with van der Waals surface area (Å²) in [6, 6.07) is 26.1. The minimum Gasteiger partial charge on any atom is -0.497 e. The number of Topliss-reactive ketones (excluding diaryl/α,β-unsaturated/α-hetero) is 3. The van der Waals surface area contributed by atoms with Gasteiger partial charge in [-0.2, -0.15) is 0 Å². The van der Waals surface area contributed by atoms with E-state index in [4.69, 9.17) is 16.3 Å². The molecule has 6 heteroatoms. The maximum Gasteiger partial charge on any atom is 0.186 e. The number of hydrogen-bond donors (Lipinski definition) is 0. The summed E-state index contributed by atoms with van der Waals surface area (Å²) in [5.74, 6) is -0.597. The second-order valence-electron chi connectivity index (χ2n) is 11.8. The fraction of sp³-hybridized carbons (Fsp3) is 0.216. The van der Waals surface area contributed by atoms with E-state index < -0.39 is 23.4 Å². The van der Waals surface area contributed by atoms with Crippen molar-refractivity contribution in [2.75, 3.05) is 12.0 Å². The predicted molar refractivity (Wildman–Crippen MR) is 169 cm³/mol. The Hall–Kier alpha value is -4.48. The Labute approximate surface area is 255 Å². The first-order chi connectivity index (χ1) is 20.8. The number of benzene rings is 4. The maximum atomic E-state index is 14.9. The topological polar surface area (TPSA) is 63.7 Å². The molecular formula is C37H30ClNO4. The number of methoxy groups -OCH3 is 1. The van der Waals surface area contributed by atoms with Crippen LogP contribution < -0.4 is 9.64 Å². The van der Waals surface area contributed by atoms with Gasteiger partial charge in [0.2, 0.25) is 0 Å². The summed E-state index contributed by atoms with van der Waals surface area (Å²) in [5, 5.41) is 0.563. The molecule has 0 N–H and O–H groups in total. The van der Waals surface area contributed by atoms with Crippen molar-refractivity contribution >= 4 is 40.7 Å². The van der Waals surface area contributed by atoms with Crippen LogP contribution in [-0.4, -0.2) is 36.5 Å². The standard InChI is InChI=1S/C37H30ClNO4/c1-21(2)22-11-13-23(14-12-22)32-33(34(40)25-7-6-8-27(20-25)43-3)39-30-17-16-26(38)19-24(30)15-18-31(39)37(32)35(41)28-9-4-5-10-29(28)36(37)42/h4-21,31-33H,1-3H3/t31-,32-,33+/m0/s1. The van der Waals surface area contributed by atoms with Crippen molar-refractivity contribution in [2.45, 2.75) is 37.8 Å². The van der Waals surface area contributed by atoms with E-state index in [0.29, 0.717) is 33.4 Å². The molecule has 3 aliphatic rings. The molecule has 3 atom stereocenters. The zero-order valence-electron chi connectivity index (χ0n) is 24.1. The highest BCUT2D eigenvalue weighted by atomic mass is 35.5. The molecule has 7 rings (SSSR count). The highest BCUT2D eigenvalue weighted by Crippen LogP contribution is 2.61. The zero-order chi connectivity index (χ0) is 30.0. The third kappa shape index (κ3) is 3.88. The summed E-state index contributed by atoms with van der Waals surface area (Å²) in [7, 11) is 1.56. The Bertz CT molecular complexity index is 1800. The van der Waals surface area contributed by atoms with Crippen molar-refractivity contribution in [3.05, 3.63) is 135 Å². The van der Waals surface area contributed by atoms with Gasteiger partial charge in [0.1, 0.15) is 17.2 Å². The first kappa shape index (κ1) is 27.4. The number of ketones is 3. The fourth-order valence-corrected chi connectivity index (χ4v) is 7.54. The summed E-state index contributed by atoms with van der Waals surface area (Å²) in [4.78, 5) is 46.4. The Morgan fingerprint density at radius 3 is 2.23 bits per heavy atom. The Balaban J connectivity index is 1.53. The minimum atomic E-state index is -1.55. The van der Waals surface area contributed by atoms with Gasteiger partial charge in [0.05, 0.1) is 13.2 Å². The quantitative estimate of drug-likeness (QED) is 0.176. The highest BCUT2D eigenvalue weighted by Gasteiger charge is 2.71. The van der Waals surface area contributed by atoms with E-state index in [1.54, 1.807) is 61.7 Å². The number of fused-ring (bicyclic) bond motifs is 5. The number of nitrogens with zero attached hydrogens (tertiary/aromatic N) is 1. The molecule has 4 aromatic carbocycles. The van der Waals surface area contributed by atoms with Crippen molar-refractivity contribution in [3.63, 3.8) is 0 Å². The number of ether oxygens (including phenoxy) is 1. The van der Waals surface area contributed by atoms with Crippen LogP contribution in [0.25, 0.3) is 6.08 Å². The average molecular weight is 588 g/mol. The fourth-order valence-electron chi connectivity index (χ4n) is 7.36. The summed E-state index contributed by atoms with van der Waals surface area (Å²) >= 11 is 6.40. The zero-order valence-corrected chi connectivity index (χ0v) is 24.8. The third-order valence-corrected chi connectivity index (χ3v) is 9.59. The minimum absolute atomic E-state index is 0.188. The van der Waals surface area contributed by atoms with Crippen molar-refractivity contribution in [1.29, 1.82) is 0 Å². The Morgan fingerprint density at radius 2 is 1.58 bits per heavy atom. The number of rotatable bonds is 5. The van der Waals surface area contributed by atoms with Crippen LogP contribution in [0.2, 0.25) is 5.02 Å². The van der Waals surface area contributed by atoms with E-state index in [2.05, 4.69) is 13.8 Å². The molecule has 0 unspecified atom stereocenters. The summed E-state index contributed by atoms with van der Waals surface area (Å²) in [6.07, 6.45) is 3.83. The van der Waals surface area contributed by atoms with Gasteiger partial charge < -0.3 is 9.64 Å². The van der Waals surface area contributed by atoms with Gasteiger partial charge in [0.15, 0.2) is 17.3 Å². The molecule has 1 spiro atoms. The van der Waals surface area contributed by atoms with E-state index in [0.717, 1.165) is 22.4 Å². The molecule has 0 amide bonds. The van der Waals surface area contributed by atoms with Crippen LogP contribution in [0.5, 0.6) is 5.75 Å². The second kappa shape index (κ2) is 10.1. The largest absolute Gasteiger partial charge is 0.497 e. The second-order valence-corrected chi connectivity index (χ2v) is 12.3. The van der Waals surface area contributed by atoms with E-state index in [-0.39, 0.29) is 17.3 Å². The van der Waals surface area contributed by atoms with Crippen LogP contribution in [0.3, 0.4) is 0 Å². The first-order valence-electron chi connectivity index (χ1n) is 14.5. The molecule has 1 fully saturated rings. The third-order valence-electron chi connectivity index (χ3n) is 9.35. The van der Waals surface area contributed by atoms with Gasteiger partial charge in [-0.15, -0.1) is 0 Å². The number of halogens is 1. The van der Waals surface area contributed by atoms with Crippen molar-refractivity contribution in [1.82, 2.24) is 0 Å². The highest BCUT2D eigenvalue weighted by molar-refractivity contribution is 6.32. The number of hydrogen-bond acceptors (Lipinski definition) is 5. The van der Waals surface area contributed by atoms with Crippen molar-refractivity contribution in [3.8, 4) is 5.75 Å². The van der Waals surface area contributed by atoms with Crippen molar-refractivity contribution in [2.24, 2.45) is 5.41 Å². The molecular weight excluding hydrogens is 558 g/mol. The normalized spacial score (nSPS) is 21.2. The van der Waals surface area contributed by atoms with Gasteiger partial charge >= 0.3 is 0 Å². The average Bonchev–Trinajstić information content (AvgIpc) is 3.46. The SMILES string of the molecule is COc1cccc(C(=O)[C@H]2[C@H](c3ccc(C(C)C)cc3)C3(C(=O)c4ccccc4C3=O)[C@@H]3C=Cc4cc(Cl)ccc4N32)c1. The van der Waals surface area contributed by atoms with E-state index in [1.807, 2.05) is 53.5 Å². The number of anilines is 1. The van der Waals surface area contributed by atoms with E-state index in [1.165, 1.54) is 0 Å². The molecule has 2 heterocycles. The molecule has 1 saturated heterocycles. The molecule has 0 bridgehead atoms. The van der Waals surface area contributed by atoms with Crippen LogP contribution in [-0.2, 0) is 0 Å². The summed E-state index contributed by atoms with van der Waals surface area (Å²) in [5.41, 5.74) is 3.21. The van der Waals surface area contributed by atoms with Crippen LogP contribution in [0.15, 0.2) is 97.1 Å². The molecule has 214 valence electrons. The molecule has 4 aromatic rings. The van der Waals surface area contributed by atoms with Crippen LogP contribution >= 0.6 is 11.6 Å². The number of carbonyl (C=O) groups excluding carboxylic acids is 3. The Morgan fingerprint density at radius 1 is 0.884 bits per heavy atom.